The Labute approximate surface area is 391 Å². The van der Waals surface area contributed by atoms with Gasteiger partial charge in [-0.25, -0.2) is 0 Å². The van der Waals surface area contributed by atoms with Gasteiger partial charge in [-0.3, -0.25) is 0 Å². The van der Waals surface area contributed by atoms with Crippen LogP contribution >= 0.6 is 0 Å². The lowest BCUT2D eigenvalue weighted by Crippen LogP contribution is -2.18. The molecule has 0 radical (unpaired) electrons. The highest BCUT2D eigenvalue weighted by molar-refractivity contribution is 4.35. The Kier molecular flexibility index (Phi) is 111. The van der Waals surface area contributed by atoms with Crippen LogP contribution in [0.15, 0.2) is 0 Å². The Morgan fingerprint density at radius 1 is 0.323 bits per heavy atom. The van der Waals surface area contributed by atoms with Crippen molar-refractivity contribution in [1.82, 2.24) is 0 Å². The molecular formula is C41H100O24. The number of hydrogen-bond acceptors (Lipinski definition) is 24. The molecule has 11 N–H and O–H groups in total. The summed E-state index contributed by atoms with van der Waals surface area (Å²) in [5.74, 6) is 0. The molecule has 0 spiro atoms. The molecule has 0 heterocycles. The van der Waals surface area contributed by atoms with Crippen LogP contribution in [0.2, 0.25) is 0 Å². The third-order valence-electron chi connectivity index (χ3n) is 5.36. The van der Waals surface area contributed by atoms with Crippen LogP contribution in [0.4, 0.5) is 0 Å². The molecule has 0 saturated heterocycles. The lowest BCUT2D eigenvalue weighted by molar-refractivity contribution is -0.133. The van der Waals surface area contributed by atoms with Crippen molar-refractivity contribution in [2.75, 3.05) is 154 Å². The monoisotopic (exact) mass is 977 g/mol. The molecule has 0 fully saturated rings. The molecule has 0 bridgehead atoms. The van der Waals surface area contributed by atoms with Gasteiger partial charge in [-0.05, 0) is 61.3 Å². The normalized spacial score (nSPS) is 12.6. The zero-order valence-electron chi connectivity index (χ0n) is 42.4. The molecule has 408 valence electrons. The minimum atomic E-state index is -1.32. The van der Waals surface area contributed by atoms with Gasteiger partial charge >= 0.3 is 0 Å². The third kappa shape index (κ3) is 127. The summed E-state index contributed by atoms with van der Waals surface area (Å²) >= 11 is 0. The summed E-state index contributed by atoms with van der Waals surface area (Å²) in [7, 11) is 7.19. The number of methoxy groups -OCH3 is 5. The fourth-order valence-corrected chi connectivity index (χ4v) is 2.48. The van der Waals surface area contributed by atoms with E-state index in [9.17, 15) is 0 Å². The maximum atomic E-state index is 8.83. The van der Waals surface area contributed by atoms with E-state index in [4.69, 9.17) is 84.6 Å². The van der Waals surface area contributed by atoms with Crippen molar-refractivity contribution in [3.63, 3.8) is 0 Å². The van der Waals surface area contributed by atoms with Crippen LogP contribution in [0.1, 0.15) is 75.2 Å². The number of ether oxygens (including phenoxy) is 13. The SMILES string of the molecule is CCCOCC.CCCOCCO.CCOC(O)CO.CCOC(O)COC.CCOCC(O)O.CCOCC(O)OC.CCOCC(O)OCC.COC(O)CO.COCC(O)OC. The third-order valence-corrected chi connectivity index (χ3v) is 5.36. The zero-order valence-corrected chi connectivity index (χ0v) is 42.4. The van der Waals surface area contributed by atoms with Crippen LogP contribution in [-0.2, 0) is 61.6 Å². The summed E-state index contributed by atoms with van der Waals surface area (Å²) < 4.78 is 60.3. The van der Waals surface area contributed by atoms with E-state index in [0.717, 1.165) is 32.7 Å². The molecule has 0 aromatic rings. The Morgan fingerprint density at radius 2 is 0.646 bits per heavy atom. The first kappa shape index (κ1) is 84.0. The minimum absolute atomic E-state index is 0.0104. The lowest BCUT2D eigenvalue weighted by atomic mass is 10.5. The highest BCUT2D eigenvalue weighted by Gasteiger charge is 2.00. The molecule has 6 unspecified atom stereocenters. The summed E-state index contributed by atoms with van der Waals surface area (Å²) in [6.45, 7) is 23.8. The maximum Gasteiger partial charge on any atom is 0.178 e. The second kappa shape index (κ2) is 86.2. The Morgan fingerprint density at radius 3 is 0.877 bits per heavy atom. The summed E-state index contributed by atoms with van der Waals surface area (Å²) in [6.07, 6.45) is -4.22. The molecule has 6 atom stereocenters. The van der Waals surface area contributed by atoms with Gasteiger partial charge in [-0.1, -0.05) is 13.8 Å². The van der Waals surface area contributed by atoms with Gasteiger partial charge in [0.15, 0.2) is 44.0 Å². The second-order valence-corrected chi connectivity index (χ2v) is 11.1. The van der Waals surface area contributed by atoms with Crippen LogP contribution in [0, 0.1) is 0 Å². The molecule has 0 aromatic carbocycles. The van der Waals surface area contributed by atoms with Crippen LogP contribution in [-0.4, -0.2) is 255 Å². The average Bonchev–Trinajstić information content (AvgIpc) is 3.30. The first-order chi connectivity index (χ1) is 30.9. The fourth-order valence-electron chi connectivity index (χ4n) is 2.48. The predicted octanol–water partition coefficient (Wildman–Crippen LogP) is -0.600. The maximum absolute atomic E-state index is 8.83. The average molecular weight is 977 g/mol. The van der Waals surface area contributed by atoms with E-state index >= 15 is 0 Å². The Bertz CT molecular complexity index is 651. The van der Waals surface area contributed by atoms with Crippen molar-refractivity contribution in [3.05, 3.63) is 0 Å². The van der Waals surface area contributed by atoms with Gasteiger partial charge in [0, 0.05) is 95.0 Å². The van der Waals surface area contributed by atoms with Gasteiger partial charge in [0.05, 0.1) is 59.5 Å². The summed E-state index contributed by atoms with van der Waals surface area (Å²) in [6, 6.07) is 0. The predicted molar refractivity (Wildman–Crippen MR) is 243 cm³/mol. The molecule has 0 aliphatic carbocycles. The smallest absolute Gasteiger partial charge is 0.178 e. The second-order valence-electron chi connectivity index (χ2n) is 11.1. The number of hydrogen-bond donors (Lipinski definition) is 11. The van der Waals surface area contributed by atoms with E-state index < -0.39 is 44.0 Å². The van der Waals surface area contributed by atoms with Crippen LogP contribution in [0.3, 0.4) is 0 Å². The Hall–Kier alpha value is -0.960. The minimum Gasteiger partial charge on any atom is -0.394 e. The molecule has 24 nitrogen and oxygen atoms in total. The van der Waals surface area contributed by atoms with Gasteiger partial charge < -0.3 is 118 Å². The van der Waals surface area contributed by atoms with Crippen LogP contribution in [0.5, 0.6) is 0 Å². The van der Waals surface area contributed by atoms with Crippen molar-refractivity contribution in [3.8, 4) is 0 Å². The van der Waals surface area contributed by atoms with E-state index in [1.807, 2.05) is 41.5 Å². The number of aliphatic hydroxyl groups is 11. The highest BCUT2D eigenvalue weighted by Crippen LogP contribution is 1.88. The zero-order chi connectivity index (χ0) is 52.4. The van der Waals surface area contributed by atoms with Gasteiger partial charge in [-0.2, -0.15) is 0 Å². The molecule has 0 rings (SSSR count). The molecular weight excluding hydrogens is 876 g/mol. The van der Waals surface area contributed by atoms with Crippen LogP contribution in [0.25, 0.3) is 0 Å². The van der Waals surface area contributed by atoms with Crippen LogP contribution < -0.4 is 0 Å². The van der Waals surface area contributed by atoms with Crippen molar-refractivity contribution >= 4 is 0 Å². The molecule has 0 aromatic heterocycles. The summed E-state index contributed by atoms with van der Waals surface area (Å²) in [5, 5.41) is 91.7. The van der Waals surface area contributed by atoms with Crippen molar-refractivity contribution < 1.29 is 118 Å². The molecule has 0 aliphatic heterocycles. The first-order valence-corrected chi connectivity index (χ1v) is 21.5. The van der Waals surface area contributed by atoms with E-state index in [1.54, 1.807) is 13.8 Å². The number of aliphatic hydroxyl groups excluding tert-OH is 10. The molecule has 24 heteroatoms. The quantitative estimate of drug-likeness (QED) is 0.0305. The van der Waals surface area contributed by atoms with Gasteiger partial charge in [-0.15, -0.1) is 0 Å². The Balaban J connectivity index is -0.0000000777. The molecule has 0 saturated carbocycles. The standard InChI is InChI=1S/C6H14O3.2C5H12O3.C5H12O2.C5H12O.3C4H10O3.C3H8O3/c1-3-8-5-6(7)9-4-2;1-3-8-4-5(6)7-2;1-3-8-5(6)4-7-2;1-2-4-7-5-3-6;1-3-5-6-4-2;1-6-3-4(5)7-2;1-2-7-3-4(5)6;1-2-7-4(6)3-5;1-6-3(5)2-4/h6-7H,3-5H2,1-2H3;2*5-6H,3-4H2,1-2H3;6H,2-5H2,1H3;3-5H2,1-2H3;4-5H,3H2,1-2H3;2*4-6H,2-3H2,1H3;3-5H,2H2,1H3. The fraction of sp³-hybridized carbons (Fsp3) is 1.00. The van der Waals surface area contributed by atoms with E-state index in [0.29, 0.717) is 46.2 Å². The van der Waals surface area contributed by atoms with E-state index in [-0.39, 0.29) is 52.9 Å². The molecule has 0 amide bonds. The van der Waals surface area contributed by atoms with Gasteiger partial charge in [0.1, 0.15) is 0 Å². The summed E-state index contributed by atoms with van der Waals surface area (Å²) in [5.41, 5.74) is 0. The first-order valence-electron chi connectivity index (χ1n) is 21.5. The number of rotatable bonds is 31. The largest absolute Gasteiger partial charge is 0.394 e. The van der Waals surface area contributed by atoms with E-state index in [1.165, 1.54) is 35.5 Å². The highest BCUT2D eigenvalue weighted by atomic mass is 16.6. The summed E-state index contributed by atoms with van der Waals surface area (Å²) in [4.78, 5) is 0. The lowest BCUT2D eigenvalue weighted by Gasteiger charge is -2.08. The van der Waals surface area contributed by atoms with Crippen molar-refractivity contribution in [2.45, 2.75) is 119 Å². The van der Waals surface area contributed by atoms with E-state index in [2.05, 4.69) is 40.1 Å². The molecule has 65 heavy (non-hydrogen) atoms. The van der Waals surface area contributed by atoms with Crippen molar-refractivity contribution in [1.29, 1.82) is 0 Å². The molecule has 0 aliphatic rings. The van der Waals surface area contributed by atoms with Gasteiger partial charge in [0.2, 0.25) is 0 Å². The van der Waals surface area contributed by atoms with Crippen molar-refractivity contribution in [2.24, 2.45) is 0 Å². The topological polar surface area (TPSA) is 343 Å². The van der Waals surface area contributed by atoms with Gasteiger partial charge in [0.25, 0.3) is 0 Å².